The van der Waals surface area contributed by atoms with Gasteiger partial charge in [0.05, 0.1) is 0 Å². The summed E-state index contributed by atoms with van der Waals surface area (Å²) in [6.07, 6.45) is 0. The molecule has 0 radical (unpaired) electrons. The minimum atomic E-state index is 1.07. The maximum absolute atomic E-state index is 3.99. The van der Waals surface area contributed by atoms with Gasteiger partial charge in [-0.15, -0.1) is 0 Å². The molecule has 0 aromatic heterocycles. The van der Waals surface area contributed by atoms with E-state index in [-0.39, 0.29) is 0 Å². The molecular formula is C25H16Br4. The lowest BCUT2D eigenvalue weighted by Gasteiger charge is -2.22. The second-order valence-corrected chi connectivity index (χ2v) is 10.00. The van der Waals surface area contributed by atoms with Crippen LogP contribution in [0.25, 0.3) is 33.4 Å². The van der Waals surface area contributed by atoms with Gasteiger partial charge in [0.2, 0.25) is 0 Å². The maximum Gasteiger partial charge on any atom is 0.0342 e. The van der Waals surface area contributed by atoms with Gasteiger partial charge in [0.1, 0.15) is 0 Å². The summed E-state index contributed by atoms with van der Waals surface area (Å²) in [5.74, 6) is 0. The highest BCUT2D eigenvalue weighted by molar-refractivity contribution is 9.11. The molecule has 0 aliphatic rings. The molecule has 0 unspecified atom stereocenters. The molecule has 0 nitrogen and oxygen atoms in total. The molecule has 0 aliphatic heterocycles. The normalized spacial score (nSPS) is 10.9. The Morgan fingerprint density at radius 1 is 0.483 bits per heavy atom. The molecule has 0 spiro atoms. The molecule has 0 saturated heterocycles. The van der Waals surface area contributed by atoms with Crippen LogP contribution in [0.5, 0.6) is 0 Å². The molecule has 0 bridgehead atoms. The predicted octanol–water partition coefficient (Wildman–Crippen LogP) is 10.0. The van der Waals surface area contributed by atoms with Gasteiger partial charge in [0.25, 0.3) is 0 Å². The van der Waals surface area contributed by atoms with Crippen LogP contribution in [0.15, 0.2) is 96.8 Å². The molecule has 0 N–H and O–H groups in total. The first-order valence-corrected chi connectivity index (χ1v) is 12.2. The molecule has 4 heteroatoms. The zero-order chi connectivity index (χ0) is 20.5. The summed E-state index contributed by atoms with van der Waals surface area (Å²) in [4.78, 5) is 0. The smallest absolute Gasteiger partial charge is 0.0342 e. The molecule has 0 aliphatic carbocycles. The van der Waals surface area contributed by atoms with Crippen molar-refractivity contribution in [3.63, 3.8) is 0 Å². The van der Waals surface area contributed by atoms with E-state index in [1.165, 1.54) is 27.8 Å². The van der Waals surface area contributed by atoms with Crippen molar-refractivity contribution in [2.75, 3.05) is 0 Å². The minimum Gasteiger partial charge on any atom is -0.0622 e. The lowest BCUT2D eigenvalue weighted by Crippen LogP contribution is -1.97. The second-order valence-electron chi connectivity index (χ2n) is 6.70. The molecule has 0 saturated carbocycles. The van der Waals surface area contributed by atoms with Gasteiger partial charge in [-0.05, 0) is 73.2 Å². The highest BCUT2D eigenvalue weighted by Crippen LogP contribution is 2.51. The zero-order valence-corrected chi connectivity index (χ0v) is 21.9. The highest BCUT2D eigenvalue weighted by atomic mass is 79.9. The quantitative estimate of drug-likeness (QED) is 0.210. The van der Waals surface area contributed by atoms with E-state index in [0.29, 0.717) is 0 Å². The van der Waals surface area contributed by atoms with Gasteiger partial charge in [-0.3, -0.25) is 0 Å². The molecule has 29 heavy (non-hydrogen) atoms. The van der Waals surface area contributed by atoms with Gasteiger partial charge >= 0.3 is 0 Å². The minimum absolute atomic E-state index is 1.07. The number of rotatable bonds is 3. The summed E-state index contributed by atoms with van der Waals surface area (Å²) >= 11 is 15.4. The van der Waals surface area contributed by atoms with E-state index in [1.807, 2.05) is 18.2 Å². The van der Waals surface area contributed by atoms with Crippen LogP contribution in [-0.2, 0) is 0 Å². The molecule has 4 aromatic carbocycles. The largest absolute Gasteiger partial charge is 0.0622 e. The Bertz CT molecular complexity index is 1200. The van der Waals surface area contributed by atoms with E-state index in [0.717, 1.165) is 29.0 Å². The summed E-state index contributed by atoms with van der Waals surface area (Å²) in [5.41, 5.74) is 8.19. The Hall–Kier alpha value is -1.20. The lowest BCUT2D eigenvalue weighted by molar-refractivity contribution is 1.39. The average Bonchev–Trinajstić information content (AvgIpc) is 2.73. The van der Waals surface area contributed by atoms with Crippen molar-refractivity contribution in [2.24, 2.45) is 0 Å². The Labute approximate surface area is 204 Å². The van der Waals surface area contributed by atoms with Crippen molar-refractivity contribution >= 4 is 63.7 Å². The van der Waals surface area contributed by atoms with Crippen LogP contribution in [0, 0.1) is 6.92 Å². The number of hydrogen-bond donors (Lipinski definition) is 0. The van der Waals surface area contributed by atoms with Gasteiger partial charge < -0.3 is 0 Å². The SMILES string of the molecule is Cc1c(Br)c(-c2ccccc2Br)c(-c2ccccc2)c(Br)c1-c1ccccc1Br. The number of hydrogen-bond acceptors (Lipinski definition) is 0. The third-order valence-electron chi connectivity index (χ3n) is 4.96. The third kappa shape index (κ3) is 3.93. The third-order valence-corrected chi connectivity index (χ3v) is 8.13. The molecule has 0 atom stereocenters. The molecule has 4 rings (SSSR count). The van der Waals surface area contributed by atoms with Crippen LogP contribution in [0.2, 0.25) is 0 Å². The summed E-state index contributed by atoms with van der Waals surface area (Å²) in [6, 6.07) is 27.2. The van der Waals surface area contributed by atoms with Gasteiger partial charge in [0, 0.05) is 34.6 Å². The molecule has 144 valence electrons. The Morgan fingerprint density at radius 3 is 1.52 bits per heavy atom. The van der Waals surface area contributed by atoms with Gasteiger partial charge in [-0.1, -0.05) is 98.6 Å². The van der Waals surface area contributed by atoms with Gasteiger partial charge in [-0.25, -0.2) is 0 Å². The van der Waals surface area contributed by atoms with Crippen LogP contribution >= 0.6 is 63.7 Å². The van der Waals surface area contributed by atoms with E-state index in [4.69, 9.17) is 0 Å². The van der Waals surface area contributed by atoms with Gasteiger partial charge in [0.15, 0.2) is 0 Å². The van der Waals surface area contributed by atoms with Crippen molar-refractivity contribution in [2.45, 2.75) is 6.92 Å². The topological polar surface area (TPSA) is 0 Å². The standard InChI is InChI=1S/C25H16Br4/c1-15-21(17-11-5-7-13-19(17)26)25(29)22(16-9-3-2-4-10-16)23(24(15)28)18-12-6-8-14-20(18)27/h2-14H,1H3. The maximum atomic E-state index is 3.99. The molecular weight excluding hydrogens is 620 g/mol. The van der Waals surface area contributed by atoms with E-state index in [9.17, 15) is 0 Å². The first-order valence-electron chi connectivity index (χ1n) is 9.07. The predicted molar refractivity (Wildman–Crippen MR) is 138 cm³/mol. The van der Waals surface area contributed by atoms with E-state index >= 15 is 0 Å². The Kier molecular flexibility index (Phi) is 6.45. The number of halogens is 4. The highest BCUT2D eigenvalue weighted by Gasteiger charge is 2.24. The average molecular weight is 636 g/mol. The summed E-state index contributed by atoms with van der Waals surface area (Å²) < 4.78 is 4.32. The Balaban J connectivity index is 2.16. The first kappa shape index (κ1) is 21.0. The van der Waals surface area contributed by atoms with Gasteiger partial charge in [-0.2, -0.15) is 0 Å². The van der Waals surface area contributed by atoms with Crippen molar-refractivity contribution in [3.8, 4) is 33.4 Å². The Morgan fingerprint density at radius 2 is 0.966 bits per heavy atom. The van der Waals surface area contributed by atoms with E-state index in [2.05, 4.69) is 131 Å². The van der Waals surface area contributed by atoms with Crippen LogP contribution in [0.1, 0.15) is 5.56 Å². The monoisotopic (exact) mass is 632 g/mol. The van der Waals surface area contributed by atoms with Crippen molar-refractivity contribution in [1.29, 1.82) is 0 Å². The van der Waals surface area contributed by atoms with Crippen molar-refractivity contribution in [1.82, 2.24) is 0 Å². The first-order chi connectivity index (χ1) is 14.0. The van der Waals surface area contributed by atoms with Crippen molar-refractivity contribution < 1.29 is 0 Å². The lowest BCUT2D eigenvalue weighted by atomic mass is 9.88. The fourth-order valence-electron chi connectivity index (χ4n) is 3.58. The summed E-state index contributed by atoms with van der Waals surface area (Å²) in [5, 5.41) is 0. The zero-order valence-electron chi connectivity index (χ0n) is 15.5. The van der Waals surface area contributed by atoms with E-state index < -0.39 is 0 Å². The molecule has 0 fully saturated rings. The van der Waals surface area contributed by atoms with E-state index in [1.54, 1.807) is 0 Å². The van der Waals surface area contributed by atoms with Crippen molar-refractivity contribution in [3.05, 3.63) is 102 Å². The van der Waals surface area contributed by atoms with Crippen LogP contribution in [0.3, 0.4) is 0 Å². The molecule has 4 aromatic rings. The summed E-state index contributed by atoms with van der Waals surface area (Å²) in [7, 11) is 0. The van der Waals surface area contributed by atoms with Crippen LogP contribution in [-0.4, -0.2) is 0 Å². The van der Waals surface area contributed by atoms with Crippen LogP contribution in [0.4, 0.5) is 0 Å². The fourth-order valence-corrected chi connectivity index (χ4v) is 6.10. The molecule has 0 heterocycles. The number of benzene rings is 4. The summed E-state index contributed by atoms with van der Waals surface area (Å²) in [6.45, 7) is 2.17. The van der Waals surface area contributed by atoms with Crippen LogP contribution < -0.4 is 0 Å². The second kappa shape index (κ2) is 8.89. The molecule has 0 amide bonds. The fraction of sp³-hybridized carbons (Fsp3) is 0.0400.